The first-order chi connectivity index (χ1) is 8.86. The molecule has 2 aromatic carbocycles. The minimum atomic E-state index is -0.380. The molecule has 0 bridgehead atoms. The second-order valence-electron chi connectivity index (χ2n) is 4.38. The molecule has 0 amide bonds. The summed E-state index contributed by atoms with van der Waals surface area (Å²) in [4.78, 5) is 0. The van der Waals surface area contributed by atoms with E-state index in [4.69, 9.17) is 0 Å². The van der Waals surface area contributed by atoms with Crippen LogP contribution < -0.4 is 5.32 Å². The molecule has 1 unspecified atom stereocenters. The van der Waals surface area contributed by atoms with E-state index in [-0.39, 0.29) is 6.10 Å². The molecule has 94 valence electrons. The smallest absolute Gasteiger partial charge is 0.0802 e. The lowest BCUT2D eigenvalue weighted by molar-refractivity contribution is 0.167. The van der Waals surface area contributed by atoms with E-state index in [2.05, 4.69) is 17.4 Å². The summed E-state index contributed by atoms with van der Waals surface area (Å²) < 4.78 is 0. The number of nitrogens with one attached hydrogen (secondary N) is 1. The van der Waals surface area contributed by atoms with Crippen LogP contribution in [-0.4, -0.2) is 11.7 Å². The summed E-state index contributed by atoms with van der Waals surface area (Å²) in [5.74, 6) is 0. The summed E-state index contributed by atoms with van der Waals surface area (Å²) in [7, 11) is 0. The highest BCUT2D eigenvalue weighted by molar-refractivity contribution is 5.17. The zero-order valence-corrected chi connectivity index (χ0v) is 10.4. The lowest BCUT2D eigenvalue weighted by atomic mass is 10.1. The molecule has 2 aromatic rings. The number of hydrogen-bond donors (Lipinski definition) is 2. The lowest BCUT2D eigenvalue weighted by Crippen LogP contribution is -2.17. The molecule has 18 heavy (non-hydrogen) atoms. The lowest BCUT2D eigenvalue weighted by Gasteiger charge is -2.11. The van der Waals surface area contributed by atoms with Crippen LogP contribution in [0.5, 0.6) is 0 Å². The maximum absolute atomic E-state index is 9.98. The van der Waals surface area contributed by atoms with E-state index in [0.717, 1.165) is 25.1 Å². The molecule has 0 spiro atoms. The van der Waals surface area contributed by atoms with Crippen molar-refractivity contribution in [1.29, 1.82) is 0 Å². The molecule has 0 aromatic heterocycles. The van der Waals surface area contributed by atoms with Crippen LogP contribution in [0.1, 0.15) is 23.7 Å². The highest BCUT2D eigenvalue weighted by Crippen LogP contribution is 2.14. The van der Waals surface area contributed by atoms with Gasteiger partial charge < -0.3 is 10.4 Å². The van der Waals surface area contributed by atoms with Crippen LogP contribution in [-0.2, 0) is 6.54 Å². The van der Waals surface area contributed by atoms with Gasteiger partial charge in [-0.2, -0.15) is 0 Å². The van der Waals surface area contributed by atoms with Crippen molar-refractivity contribution < 1.29 is 5.11 Å². The minimum Gasteiger partial charge on any atom is -0.388 e. The van der Waals surface area contributed by atoms with Crippen molar-refractivity contribution in [3.8, 4) is 0 Å². The molecule has 0 saturated carbocycles. The third-order valence-corrected chi connectivity index (χ3v) is 2.95. The van der Waals surface area contributed by atoms with Crippen LogP contribution in [0.25, 0.3) is 0 Å². The van der Waals surface area contributed by atoms with E-state index < -0.39 is 0 Å². The normalized spacial score (nSPS) is 12.3. The van der Waals surface area contributed by atoms with E-state index in [1.165, 1.54) is 5.56 Å². The van der Waals surface area contributed by atoms with E-state index in [0.29, 0.717) is 0 Å². The predicted molar refractivity (Wildman–Crippen MR) is 74.2 cm³/mol. The van der Waals surface area contributed by atoms with Crippen LogP contribution in [0, 0.1) is 0 Å². The molecule has 0 fully saturated rings. The van der Waals surface area contributed by atoms with Gasteiger partial charge in [0, 0.05) is 6.54 Å². The Balaban J connectivity index is 1.70. The Bertz CT molecular complexity index is 441. The van der Waals surface area contributed by atoms with Crippen molar-refractivity contribution in [2.24, 2.45) is 0 Å². The molecule has 0 aliphatic heterocycles. The third kappa shape index (κ3) is 3.99. The van der Waals surface area contributed by atoms with Gasteiger partial charge in [-0.05, 0) is 24.1 Å². The SMILES string of the molecule is OC(CCNCc1ccccc1)c1ccccc1. The standard InChI is InChI=1S/C16H19NO/c18-16(15-9-5-2-6-10-15)11-12-17-13-14-7-3-1-4-8-14/h1-10,16-18H,11-13H2. The number of aliphatic hydroxyl groups is 1. The highest BCUT2D eigenvalue weighted by atomic mass is 16.3. The van der Waals surface area contributed by atoms with Gasteiger partial charge >= 0.3 is 0 Å². The Hall–Kier alpha value is -1.64. The Morgan fingerprint density at radius 2 is 1.50 bits per heavy atom. The van der Waals surface area contributed by atoms with Crippen LogP contribution in [0.2, 0.25) is 0 Å². The van der Waals surface area contributed by atoms with Crippen molar-refractivity contribution in [2.45, 2.75) is 19.1 Å². The van der Waals surface area contributed by atoms with Crippen molar-refractivity contribution in [1.82, 2.24) is 5.32 Å². The molecule has 0 radical (unpaired) electrons. The molecule has 2 nitrogen and oxygen atoms in total. The van der Waals surface area contributed by atoms with Crippen LogP contribution in [0.3, 0.4) is 0 Å². The second kappa shape index (κ2) is 6.94. The van der Waals surface area contributed by atoms with Crippen LogP contribution in [0.15, 0.2) is 60.7 Å². The second-order valence-corrected chi connectivity index (χ2v) is 4.38. The molecule has 0 aliphatic carbocycles. The molecule has 2 rings (SSSR count). The van der Waals surface area contributed by atoms with Gasteiger partial charge in [-0.3, -0.25) is 0 Å². The minimum absolute atomic E-state index is 0.380. The molecular weight excluding hydrogens is 222 g/mol. The fourth-order valence-electron chi connectivity index (χ4n) is 1.91. The number of rotatable bonds is 6. The predicted octanol–water partition coefficient (Wildman–Crippen LogP) is 2.90. The van der Waals surface area contributed by atoms with Gasteiger partial charge in [0.2, 0.25) is 0 Å². The Morgan fingerprint density at radius 1 is 0.889 bits per heavy atom. The van der Waals surface area contributed by atoms with Gasteiger partial charge in [-0.1, -0.05) is 60.7 Å². The Morgan fingerprint density at radius 3 is 2.17 bits per heavy atom. The molecule has 2 heteroatoms. The molecule has 2 N–H and O–H groups in total. The van der Waals surface area contributed by atoms with Crippen molar-refractivity contribution >= 4 is 0 Å². The zero-order chi connectivity index (χ0) is 12.6. The highest BCUT2D eigenvalue weighted by Gasteiger charge is 2.05. The average Bonchev–Trinajstić information content (AvgIpc) is 2.45. The summed E-state index contributed by atoms with van der Waals surface area (Å²) >= 11 is 0. The quantitative estimate of drug-likeness (QED) is 0.762. The zero-order valence-electron chi connectivity index (χ0n) is 10.4. The fourth-order valence-corrected chi connectivity index (χ4v) is 1.91. The number of benzene rings is 2. The Labute approximate surface area is 108 Å². The Kier molecular flexibility index (Phi) is 4.94. The molecular formula is C16H19NO. The van der Waals surface area contributed by atoms with Gasteiger partial charge in [0.25, 0.3) is 0 Å². The summed E-state index contributed by atoms with van der Waals surface area (Å²) in [6, 6.07) is 20.1. The van der Waals surface area contributed by atoms with Crippen molar-refractivity contribution in [2.75, 3.05) is 6.54 Å². The molecule has 0 saturated heterocycles. The van der Waals surface area contributed by atoms with Crippen LogP contribution in [0.4, 0.5) is 0 Å². The summed E-state index contributed by atoms with van der Waals surface area (Å²) in [5, 5.41) is 13.3. The van der Waals surface area contributed by atoms with Crippen molar-refractivity contribution in [3.63, 3.8) is 0 Å². The third-order valence-electron chi connectivity index (χ3n) is 2.95. The maximum atomic E-state index is 9.98. The average molecular weight is 241 g/mol. The van der Waals surface area contributed by atoms with Gasteiger partial charge in [0.05, 0.1) is 6.10 Å². The van der Waals surface area contributed by atoms with Gasteiger partial charge in [-0.25, -0.2) is 0 Å². The first kappa shape index (κ1) is 12.8. The largest absolute Gasteiger partial charge is 0.388 e. The fraction of sp³-hybridized carbons (Fsp3) is 0.250. The topological polar surface area (TPSA) is 32.3 Å². The van der Waals surface area contributed by atoms with Gasteiger partial charge in [-0.15, -0.1) is 0 Å². The maximum Gasteiger partial charge on any atom is 0.0802 e. The van der Waals surface area contributed by atoms with Crippen LogP contribution >= 0.6 is 0 Å². The number of hydrogen-bond acceptors (Lipinski definition) is 2. The van der Waals surface area contributed by atoms with E-state index >= 15 is 0 Å². The number of aliphatic hydroxyl groups excluding tert-OH is 1. The molecule has 1 atom stereocenters. The molecule has 0 heterocycles. The summed E-state index contributed by atoms with van der Waals surface area (Å²) in [6.45, 7) is 1.66. The monoisotopic (exact) mass is 241 g/mol. The first-order valence-electron chi connectivity index (χ1n) is 6.34. The van der Waals surface area contributed by atoms with E-state index in [1.54, 1.807) is 0 Å². The van der Waals surface area contributed by atoms with Gasteiger partial charge in [0.15, 0.2) is 0 Å². The summed E-state index contributed by atoms with van der Waals surface area (Å²) in [6.07, 6.45) is 0.353. The first-order valence-corrected chi connectivity index (χ1v) is 6.34. The van der Waals surface area contributed by atoms with Gasteiger partial charge in [0.1, 0.15) is 0 Å². The van der Waals surface area contributed by atoms with E-state index in [9.17, 15) is 5.11 Å². The summed E-state index contributed by atoms with van der Waals surface area (Å²) in [5.41, 5.74) is 2.26. The van der Waals surface area contributed by atoms with E-state index in [1.807, 2.05) is 48.5 Å². The molecule has 0 aliphatic rings. The van der Waals surface area contributed by atoms with Crippen molar-refractivity contribution in [3.05, 3.63) is 71.8 Å².